The molecule has 2 heterocycles. The van der Waals surface area contributed by atoms with E-state index in [-0.39, 0.29) is 18.3 Å². The van der Waals surface area contributed by atoms with Crippen LogP contribution in [0.15, 0.2) is 35.5 Å². The largest absolute Gasteiger partial charge is 0.369 e. The normalized spacial score (nSPS) is 21.5. The number of aryl methyl sites for hydroxylation is 1. The Kier molecular flexibility index (Phi) is 3.91. The van der Waals surface area contributed by atoms with Gasteiger partial charge in [-0.3, -0.25) is 9.69 Å². The summed E-state index contributed by atoms with van der Waals surface area (Å²) in [6.45, 7) is 3.85. The number of guanidine groups is 1. The van der Waals surface area contributed by atoms with Crippen molar-refractivity contribution in [2.75, 3.05) is 7.05 Å². The summed E-state index contributed by atoms with van der Waals surface area (Å²) in [4.78, 5) is 18.1. The van der Waals surface area contributed by atoms with Crippen molar-refractivity contribution in [3.8, 4) is 5.69 Å². The van der Waals surface area contributed by atoms with Crippen molar-refractivity contribution >= 4 is 34.5 Å². The number of hydrogen-bond donors (Lipinski definition) is 1. The third-order valence-corrected chi connectivity index (χ3v) is 4.80. The molecule has 0 saturated carbocycles. The fourth-order valence-corrected chi connectivity index (χ4v) is 3.33. The highest BCUT2D eigenvalue weighted by Crippen LogP contribution is 2.35. The van der Waals surface area contributed by atoms with Crippen LogP contribution in [0.4, 0.5) is 0 Å². The maximum absolute atomic E-state index is 12.2. The third-order valence-electron chi connectivity index (χ3n) is 4.13. The summed E-state index contributed by atoms with van der Waals surface area (Å²) in [5, 5.41) is 4.59. The van der Waals surface area contributed by atoms with Gasteiger partial charge in [-0.05, 0) is 54.6 Å². The monoisotopic (exact) mass is 423 g/mol. The average Bonchev–Trinajstić information content (AvgIpc) is 2.88. The predicted octanol–water partition coefficient (Wildman–Crippen LogP) is 2.18. The SMILES string of the molecule is Cc1nn(-c2cccc(I)c2)cc1[C@]1(C)CC(=O)N(C)C(N)=N1. The van der Waals surface area contributed by atoms with Gasteiger partial charge in [-0.1, -0.05) is 6.07 Å². The Bertz CT molecular complexity index is 813. The van der Waals surface area contributed by atoms with Crippen LogP contribution in [0.1, 0.15) is 24.6 Å². The van der Waals surface area contributed by atoms with Gasteiger partial charge in [0.25, 0.3) is 0 Å². The van der Waals surface area contributed by atoms with E-state index in [2.05, 4.69) is 38.7 Å². The fraction of sp³-hybridized carbons (Fsp3) is 0.312. The second-order valence-corrected chi connectivity index (χ2v) is 7.17. The number of halogens is 1. The molecule has 0 spiro atoms. The maximum atomic E-state index is 12.2. The minimum absolute atomic E-state index is 0.0404. The van der Waals surface area contributed by atoms with Crippen molar-refractivity contribution in [1.29, 1.82) is 0 Å². The molecule has 2 N–H and O–H groups in total. The van der Waals surface area contributed by atoms with Crippen molar-refractivity contribution in [2.45, 2.75) is 25.8 Å². The van der Waals surface area contributed by atoms with Gasteiger partial charge in [0.1, 0.15) is 0 Å². The van der Waals surface area contributed by atoms with Gasteiger partial charge in [-0.15, -0.1) is 0 Å². The Morgan fingerprint density at radius 3 is 2.78 bits per heavy atom. The molecule has 1 amide bonds. The van der Waals surface area contributed by atoms with Gasteiger partial charge in [0.2, 0.25) is 5.91 Å². The number of rotatable bonds is 2. The van der Waals surface area contributed by atoms with Crippen LogP contribution in [0.5, 0.6) is 0 Å². The highest BCUT2D eigenvalue weighted by atomic mass is 127. The number of amides is 1. The van der Waals surface area contributed by atoms with E-state index in [9.17, 15) is 4.79 Å². The molecule has 0 unspecified atom stereocenters. The van der Waals surface area contributed by atoms with Gasteiger partial charge in [0, 0.05) is 22.4 Å². The van der Waals surface area contributed by atoms with Gasteiger partial charge in [-0.25, -0.2) is 9.67 Å². The first kappa shape index (κ1) is 16.0. The number of hydrogen-bond acceptors (Lipinski definition) is 4. The van der Waals surface area contributed by atoms with Crippen LogP contribution in [0.2, 0.25) is 0 Å². The Hall–Kier alpha value is -1.90. The smallest absolute Gasteiger partial charge is 0.231 e. The van der Waals surface area contributed by atoms with Crippen molar-refractivity contribution in [1.82, 2.24) is 14.7 Å². The lowest BCUT2D eigenvalue weighted by Crippen LogP contribution is -2.47. The first-order valence-electron chi connectivity index (χ1n) is 7.25. The molecule has 1 aliphatic heterocycles. The zero-order valence-electron chi connectivity index (χ0n) is 13.2. The number of nitrogens with two attached hydrogens (primary N) is 1. The van der Waals surface area contributed by atoms with Gasteiger partial charge in [0.05, 0.1) is 23.3 Å². The highest BCUT2D eigenvalue weighted by molar-refractivity contribution is 14.1. The minimum atomic E-state index is -0.683. The molecule has 120 valence electrons. The molecule has 6 nitrogen and oxygen atoms in total. The number of carbonyl (C=O) groups excluding carboxylic acids is 1. The van der Waals surface area contributed by atoms with Gasteiger partial charge >= 0.3 is 0 Å². The Balaban J connectivity index is 2.06. The number of benzene rings is 1. The molecule has 0 saturated heterocycles. The molecule has 1 atom stereocenters. The molecule has 0 aliphatic carbocycles. The number of nitrogens with zero attached hydrogens (tertiary/aromatic N) is 4. The van der Waals surface area contributed by atoms with Crippen LogP contribution in [0, 0.1) is 10.5 Å². The lowest BCUT2D eigenvalue weighted by atomic mass is 9.88. The Morgan fingerprint density at radius 2 is 2.13 bits per heavy atom. The minimum Gasteiger partial charge on any atom is -0.369 e. The number of aliphatic imine (C=N–C) groups is 1. The molecule has 0 fully saturated rings. The summed E-state index contributed by atoms with van der Waals surface area (Å²) in [6.07, 6.45) is 2.22. The zero-order chi connectivity index (χ0) is 16.8. The third kappa shape index (κ3) is 2.85. The maximum Gasteiger partial charge on any atom is 0.231 e. The summed E-state index contributed by atoms with van der Waals surface area (Å²) >= 11 is 2.27. The molecule has 1 aromatic carbocycles. The molecular weight excluding hydrogens is 405 g/mol. The molecule has 7 heteroatoms. The van der Waals surface area contributed by atoms with E-state index in [1.54, 1.807) is 7.05 Å². The molecule has 0 radical (unpaired) electrons. The quantitative estimate of drug-likeness (QED) is 0.753. The standard InChI is InChI=1S/C16H18IN5O/c1-10-13(16(2)8-14(23)21(3)15(18)19-16)9-22(20-10)12-6-4-5-11(17)7-12/h4-7,9H,8H2,1-3H3,(H2,18,19)/t16-/m0/s1. The molecule has 3 rings (SSSR count). The van der Waals surface area contributed by atoms with E-state index < -0.39 is 5.54 Å². The Morgan fingerprint density at radius 1 is 1.39 bits per heavy atom. The van der Waals surface area contributed by atoms with Crippen molar-refractivity contribution in [3.63, 3.8) is 0 Å². The fourth-order valence-electron chi connectivity index (χ4n) is 2.80. The van der Waals surface area contributed by atoms with Crippen LogP contribution in [0.3, 0.4) is 0 Å². The zero-order valence-corrected chi connectivity index (χ0v) is 15.4. The van der Waals surface area contributed by atoms with Crippen LogP contribution < -0.4 is 5.73 Å². The average molecular weight is 423 g/mol. The predicted molar refractivity (Wildman–Crippen MR) is 97.4 cm³/mol. The lowest BCUT2D eigenvalue weighted by Gasteiger charge is -2.33. The van der Waals surface area contributed by atoms with Crippen LogP contribution in [-0.4, -0.2) is 33.6 Å². The van der Waals surface area contributed by atoms with E-state index in [0.717, 1.165) is 20.5 Å². The second kappa shape index (κ2) is 5.63. The number of aromatic nitrogens is 2. The highest BCUT2D eigenvalue weighted by Gasteiger charge is 2.38. The van der Waals surface area contributed by atoms with Crippen LogP contribution in [-0.2, 0) is 10.3 Å². The molecule has 23 heavy (non-hydrogen) atoms. The van der Waals surface area contributed by atoms with Gasteiger partial charge in [0.15, 0.2) is 5.96 Å². The van der Waals surface area contributed by atoms with Gasteiger partial charge < -0.3 is 5.73 Å². The first-order valence-corrected chi connectivity index (χ1v) is 8.32. The summed E-state index contributed by atoms with van der Waals surface area (Å²) in [7, 11) is 1.64. The van der Waals surface area contributed by atoms with E-state index in [4.69, 9.17) is 5.73 Å². The van der Waals surface area contributed by atoms with Crippen molar-refractivity contribution in [3.05, 3.63) is 45.3 Å². The van der Waals surface area contributed by atoms with Crippen molar-refractivity contribution in [2.24, 2.45) is 10.7 Å². The molecule has 2 aromatic rings. The number of carbonyl (C=O) groups is 1. The van der Waals surface area contributed by atoms with E-state index in [0.29, 0.717) is 0 Å². The lowest BCUT2D eigenvalue weighted by molar-refractivity contribution is -0.128. The Labute approximate surface area is 148 Å². The summed E-state index contributed by atoms with van der Waals surface area (Å²) < 4.78 is 2.96. The topological polar surface area (TPSA) is 76.5 Å². The second-order valence-electron chi connectivity index (χ2n) is 5.93. The summed E-state index contributed by atoms with van der Waals surface area (Å²) in [6, 6.07) is 8.07. The van der Waals surface area contributed by atoms with E-state index >= 15 is 0 Å². The van der Waals surface area contributed by atoms with Crippen LogP contribution in [0.25, 0.3) is 5.69 Å². The van der Waals surface area contributed by atoms with Crippen LogP contribution >= 0.6 is 22.6 Å². The molecule has 0 bridgehead atoms. The first-order chi connectivity index (χ1) is 10.8. The summed E-state index contributed by atoms with van der Waals surface area (Å²) in [5.41, 5.74) is 7.96. The van der Waals surface area contributed by atoms with Crippen molar-refractivity contribution < 1.29 is 4.79 Å². The van der Waals surface area contributed by atoms with E-state index in [1.807, 2.05) is 42.9 Å². The molecule has 1 aromatic heterocycles. The molecular formula is C16H18IN5O. The summed E-state index contributed by atoms with van der Waals surface area (Å²) in [5.74, 6) is 0.201. The van der Waals surface area contributed by atoms with Gasteiger partial charge in [-0.2, -0.15) is 5.10 Å². The molecule has 1 aliphatic rings. The van der Waals surface area contributed by atoms with E-state index in [1.165, 1.54) is 4.90 Å².